The van der Waals surface area contributed by atoms with Crippen LogP contribution >= 0.6 is 11.6 Å². The van der Waals surface area contributed by atoms with Gasteiger partial charge in [0.1, 0.15) is 5.69 Å². The van der Waals surface area contributed by atoms with Crippen molar-refractivity contribution < 1.29 is 10.0 Å². The molecule has 2 rings (SSSR count). The largest absolute Gasteiger partial charge is 0.396 e. The van der Waals surface area contributed by atoms with Gasteiger partial charge in [-0.05, 0) is 30.9 Å². The molecule has 1 atom stereocenters. The number of nitro benzene ring substituents is 1. The Bertz CT molecular complexity index is 453. The maximum atomic E-state index is 11.0. The predicted octanol–water partition coefficient (Wildman–Crippen LogP) is 2.46. The van der Waals surface area contributed by atoms with Crippen molar-refractivity contribution in [2.45, 2.75) is 12.8 Å². The quantitative estimate of drug-likeness (QED) is 0.677. The highest BCUT2D eigenvalue weighted by molar-refractivity contribution is 6.31. The normalized spacial score (nSPS) is 19.9. The van der Waals surface area contributed by atoms with Crippen LogP contribution in [0, 0.1) is 16.0 Å². The molecule has 1 N–H and O–H groups in total. The molecule has 0 amide bonds. The van der Waals surface area contributed by atoms with Crippen LogP contribution in [0.1, 0.15) is 12.8 Å². The molecule has 0 saturated carbocycles. The van der Waals surface area contributed by atoms with Crippen LogP contribution in [0.3, 0.4) is 0 Å². The van der Waals surface area contributed by atoms with Crippen LogP contribution in [-0.2, 0) is 0 Å². The van der Waals surface area contributed by atoms with Crippen LogP contribution < -0.4 is 4.90 Å². The Morgan fingerprint density at radius 3 is 3.00 bits per heavy atom. The van der Waals surface area contributed by atoms with Crippen LogP contribution in [0.2, 0.25) is 5.02 Å². The first-order valence-corrected chi connectivity index (χ1v) is 6.29. The fraction of sp³-hybridized carbons (Fsp3) is 0.500. The van der Waals surface area contributed by atoms with Crippen molar-refractivity contribution in [2.75, 3.05) is 24.6 Å². The third-order valence-electron chi connectivity index (χ3n) is 3.25. The summed E-state index contributed by atoms with van der Waals surface area (Å²) in [6.45, 7) is 1.51. The van der Waals surface area contributed by atoms with Gasteiger partial charge in [-0.1, -0.05) is 11.6 Å². The third-order valence-corrected chi connectivity index (χ3v) is 3.49. The van der Waals surface area contributed by atoms with Gasteiger partial charge in [0.15, 0.2) is 0 Å². The van der Waals surface area contributed by atoms with Crippen LogP contribution in [0.5, 0.6) is 0 Å². The Hall–Kier alpha value is -1.33. The molecule has 1 unspecified atom stereocenters. The number of rotatable bonds is 3. The van der Waals surface area contributed by atoms with Crippen molar-refractivity contribution in [1.29, 1.82) is 0 Å². The first kappa shape index (κ1) is 13.1. The van der Waals surface area contributed by atoms with Crippen molar-refractivity contribution in [2.24, 2.45) is 5.92 Å². The average molecular weight is 271 g/mol. The molecule has 0 bridgehead atoms. The van der Waals surface area contributed by atoms with Crippen LogP contribution in [-0.4, -0.2) is 29.7 Å². The second-order valence-electron chi connectivity index (χ2n) is 4.53. The van der Waals surface area contributed by atoms with E-state index in [-0.39, 0.29) is 18.2 Å². The molecule has 0 radical (unpaired) electrons. The van der Waals surface area contributed by atoms with E-state index in [9.17, 15) is 15.2 Å². The van der Waals surface area contributed by atoms with E-state index in [0.29, 0.717) is 17.3 Å². The predicted molar refractivity (Wildman–Crippen MR) is 70.1 cm³/mol. The minimum Gasteiger partial charge on any atom is -0.396 e. The maximum Gasteiger partial charge on any atom is 0.292 e. The standard InChI is InChI=1S/C12H15ClN2O3/c13-10-3-4-11(15(17)18)12(6-10)14-5-1-2-9(7-14)8-16/h3-4,6,9,16H,1-2,5,7-8H2. The van der Waals surface area contributed by atoms with Gasteiger partial charge >= 0.3 is 0 Å². The highest BCUT2D eigenvalue weighted by atomic mass is 35.5. The molecule has 1 fully saturated rings. The average Bonchev–Trinajstić information content (AvgIpc) is 2.38. The van der Waals surface area contributed by atoms with Crippen molar-refractivity contribution in [1.82, 2.24) is 0 Å². The van der Waals surface area contributed by atoms with Gasteiger partial charge in [-0.2, -0.15) is 0 Å². The molecule has 1 heterocycles. The van der Waals surface area contributed by atoms with Crippen LogP contribution in [0.25, 0.3) is 0 Å². The summed E-state index contributed by atoms with van der Waals surface area (Å²) in [4.78, 5) is 12.6. The second kappa shape index (κ2) is 5.54. The second-order valence-corrected chi connectivity index (χ2v) is 4.96. The smallest absolute Gasteiger partial charge is 0.292 e. The van der Waals surface area contributed by atoms with Gasteiger partial charge in [-0.3, -0.25) is 10.1 Å². The summed E-state index contributed by atoms with van der Waals surface area (Å²) in [6.07, 6.45) is 1.89. The molecule has 0 aliphatic carbocycles. The molecular formula is C12H15ClN2O3. The molecule has 0 spiro atoms. The third kappa shape index (κ3) is 2.73. The number of benzene rings is 1. The minimum atomic E-state index is -0.395. The van der Waals surface area contributed by atoms with E-state index in [1.807, 2.05) is 4.90 Å². The molecule has 98 valence electrons. The first-order valence-electron chi connectivity index (χ1n) is 5.91. The molecule has 1 aliphatic heterocycles. The Kier molecular flexibility index (Phi) is 4.04. The lowest BCUT2D eigenvalue weighted by Crippen LogP contribution is -2.37. The van der Waals surface area contributed by atoms with E-state index in [1.54, 1.807) is 6.07 Å². The van der Waals surface area contributed by atoms with E-state index in [1.165, 1.54) is 12.1 Å². The van der Waals surface area contributed by atoms with Crippen LogP contribution in [0.15, 0.2) is 18.2 Å². The number of nitro groups is 1. The lowest BCUT2D eigenvalue weighted by atomic mass is 9.98. The van der Waals surface area contributed by atoms with Gasteiger partial charge in [0.2, 0.25) is 0 Å². The van der Waals surface area contributed by atoms with Gasteiger partial charge in [-0.15, -0.1) is 0 Å². The van der Waals surface area contributed by atoms with Gasteiger partial charge in [-0.25, -0.2) is 0 Å². The first-order chi connectivity index (χ1) is 8.61. The topological polar surface area (TPSA) is 66.6 Å². The monoisotopic (exact) mass is 270 g/mol. The number of hydrogen-bond acceptors (Lipinski definition) is 4. The summed E-state index contributed by atoms with van der Waals surface area (Å²) in [5.74, 6) is 0.178. The maximum absolute atomic E-state index is 11.0. The fourth-order valence-electron chi connectivity index (χ4n) is 2.34. The summed E-state index contributed by atoms with van der Waals surface area (Å²) < 4.78 is 0. The van der Waals surface area contributed by atoms with Gasteiger partial charge in [0, 0.05) is 30.8 Å². The van der Waals surface area contributed by atoms with Gasteiger partial charge in [0.25, 0.3) is 5.69 Å². The summed E-state index contributed by atoms with van der Waals surface area (Å²) in [5, 5.41) is 20.7. The zero-order valence-electron chi connectivity index (χ0n) is 9.88. The lowest BCUT2D eigenvalue weighted by Gasteiger charge is -2.33. The summed E-state index contributed by atoms with van der Waals surface area (Å²) in [6, 6.07) is 4.58. The van der Waals surface area contributed by atoms with Crippen molar-refractivity contribution >= 4 is 23.0 Å². The van der Waals surface area contributed by atoms with Gasteiger partial charge < -0.3 is 10.0 Å². The number of anilines is 1. The Morgan fingerprint density at radius 2 is 2.33 bits per heavy atom. The Balaban J connectivity index is 2.31. The summed E-state index contributed by atoms with van der Waals surface area (Å²) in [5.41, 5.74) is 0.614. The highest BCUT2D eigenvalue weighted by Crippen LogP contribution is 2.33. The molecular weight excluding hydrogens is 256 g/mol. The van der Waals surface area contributed by atoms with Gasteiger partial charge in [0.05, 0.1) is 4.92 Å². The number of halogens is 1. The van der Waals surface area contributed by atoms with Crippen molar-refractivity contribution in [3.8, 4) is 0 Å². The number of hydrogen-bond donors (Lipinski definition) is 1. The Labute approximate surface area is 110 Å². The number of aliphatic hydroxyl groups excluding tert-OH is 1. The van der Waals surface area contributed by atoms with Crippen molar-refractivity contribution in [3.05, 3.63) is 33.3 Å². The lowest BCUT2D eigenvalue weighted by molar-refractivity contribution is -0.384. The number of piperidine rings is 1. The Morgan fingerprint density at radius 1 is 1.56 bits per heavy atom. The molecule has 1 aromatic rings. The van der Waals surface area contributed by atoms with E-state index < -0.39 is 4.92 Å². The molecule has 6 heteroatoms. The number of aliphatic hydroxyl groups is 1. The number of nitrogens with zero attached hydrogens (tertiary/aromatic N) is 2. The zero-order valence-corrected chi connectivity index (χ0v) is 10.6. The van der Waals surface area contributed by atoms with E-state index in [0.717, 1.165) is 19.4 Å². The van der Waals surface area contributed by atoms with E-state index >= 15 is 0 Å². The van der Waals surface area contributed by atoms with E-state index in [2.05, 4.69) is 0 Å². The summed E-state index contributed by atoms with van der Waals surface area (Å²) >= 11 is 5.91. The molecule has 1 aromatic carbocycles. The summed E-state index contributed by atoms with van der Waals surface area (Å²) in [7, 11) is 0. The fourth-order valence-corrected chi connectivity index (χ4v) is 2.50. The van der Waals surface area contributed by atoms with Crippen LogP contribution in [0.4, 0.5) is 11.4 Å². The molecule has 0 aromatic heterocycles. The molecule has 18 heavy (non-hydrogen) atoms. The molecule has 1 saturated heterocycles. The van der Waals surface area contributed by atoms with E-state index in [4.69, 9.17) is 11.6 Å². The zero-order chi connectivity index (χ0) is 13.1. The molecule has 1 aliphatic rings. The highest BCUT2D eigenvalue weighted by Gasteiger charge is 2.25. The minimum absolute atomic E-state index is 0.0676. The molecule has 5 nitrogen and oxygen atoms in total. The van der Waals surface area contributed by atoms with Crippen molar-refractivity contribution in [3.63, 3.8) is 0 Å². The SMILES string of the molecule is O=[N+]([O-])c1ccc(Cl)cc1N1CCCC(CO)C1.